The van der Waals surface area contributed by atoms with Crippen LogP contribution < -0.4 is 4.90 Å². The van der Waals surface area contributed by atoms with Gasteiger partial charge in [0.1, 0.15) is 11.0 Å². The van der Waals surface area contributed by atoms with Gasteiger partial charge in [0.05, 0.1) is 5.52 Å². The lowest BCUT2D eigenvalue weighted by atomic mass is 10.0. The first-order valence-electron chi connectivity index (χ1n) is 19.6. The zero-order valence-electron chi connectivity index (χ0n) is 31.7. The molecule has 3 heterocycles. The van der Waals surface area contributed by atoms with Crippen molar-refractivity contribution >= 4 is 50.2 Å². The maximum atomic E-state index is 6.21. The summed E-state index contributed by atoms with van der Waals surface area (Å²) in [6, 6.07) is 68.8. The predicted molar refractivity (Wildman–Crippen MR) is 239 cm³/mol. The minimum Gasteiger partial charge on any atom is -0.436 e. The first-order valence-corrected chi connectivity index (χ1v) is 19.6. The van der Waals surface area contributed by atoms with Crippen molar-refractivity contribution in [2.24, 2.45) is 0 Å². The minimum absolute atomic E-state index is 0.619. The first-order chi connectivity index (χ1) is 29.2. The van der Waals surface area contributed by atoms with Crippen LogP contribution in [0.25, 0.3) is 89.4 Å². The lowest BCUT2D eigenvalue weighted by molar-refractivity contribution is 0.619. The molecular weight excluding hydrogens is 725 g/mol. The van der Waals surface area contributed by atoms with Gasteiger partial charge in [-0.05, 0) is 125 Å². The molecule has 11 rings (SSSR count). The topological polar surface area (TPSA) is 68.2 Å². The van der Waals surface area contributed by atoms with Crippen LogP contribution >= 0.6 is 0 Å². The number of para-hydroxylation sites is 1. The molecule has 0 aliphatic heterocycles. The molecule has 0 unspecified atom stereocenters. The Kier molecular flexibility index (Phi) is 8.37. The van der Waals surface area contributed by atoms with E-state index in [9.17, 15) is 0 Å². The number of aromatic nitrogens is 3. The Labute approximate surface area is 340 Å². The van der Waals surface area contributed by atoms with E-state index < -0.39 is 0 Å². The molecule has 0 saturated heterocycles. The molecule has 0 aliphatic rings. The van der Waals surface area contributed by atoms with E-state index in [0.717, 1.165) is 94.7 Å². The molecule has 0 fully saturated rings. The Balaban J connectivity index is 0.931. The van der Waals surface area contributed by atoms with Gasteiger partial charge in [0.15, 0.2) is 11.2 Å². The molecule has 3 aromatic heterocycles. The average molecular weight is 759 g/mol. The highest BCUT2D eigenvalue weighted by Gasteiger charge is 2.16. The fourth-order valence-corrected chi connectivity index (χ4v) is 7.70. The van der Waals surface area contributed by atoms with Crippen molar-refractivity contribution < 1.29 is 8.83 Å². The molecule has 278 valence electrons. The summed E-state index contributed by atoms with van der Waals surface area (Å²) in [7, 11) is 0. The Morgan fingerprint density at radius 2 is 0.746 bits per heavy atom. The van der Waals surface area contributed by atoms with Crippen molar-refractivity contribution in [2.75, 3.05) is 4.90 Å². The van der Waals surface area contributed by atoms with E-state index in [0.29, 0.717) is 11.8 Å². The summed E-state index contributed by atoms with van der Waals surface area (Å²) in [5.41, 5.74) is 15.7. The Hall–Kier alpha value is -8.09. The van der Waals surface area contributed by atoms with E-state index >= 15 is 0 Å². The molecule has 0 saturated carbocycles. The summed E-state index contributed by atoms with van der Waals surface area (Å²) >= 11 is 0. The quantitative estimate of drug-likeness (QED) is 0.154. The molecule has 11 aromatic rings. The van der Waals surface area contributed by atoms with Crippen molar-refractivity contribution in [1.82, 2.24) is 15.0 Å². The van der Waals surface area contributed by atoms with Crippen molar-refractivity contribution in [2.45, 2.75) is 0 Å². The van der Waals surface area contributed by atoms with Crippen molar-refractivity contribution in [3.05, 3.63) is 206 Å². The van der Waals surface area contributed by atoms with Crippen LogP contribution in [0.2, 0.25) is 0 Å². The van der Waals surface area contributed by atoms with Crippen LogP contribution in [0.3, 0.4) is 0 Å². The molecule has 8 aromatic carbocycles. The number of benzene rings is 8. The van der Waals surface area contributed by atoms with Crippen molar-refractivity contribution in [3.63, 3.8) is 0 Å². The molecule has 0 spiro atoms. The summed E-state index contributed by atoms with van der Waals surface area (Å²) in [4.78, 5) is 16.5. The van der Waals surface area contributed by atoms with Gasteiger partial charge in [-0.25, -0.2) is 9.97 Å². The average Bonchev–Trinajstić information content (AvgIpc) is 3.95. The van der Waals surface area contributed by atoms with Crippen molar-refractivity contribution in [1.29, 1.82) is 0 Å². The van der Waals surface area contributed by atoms with E-state index in [2.05, 4.69) is 114 Å². The fourth-order valence-electron chi connectivity index (χ4n) is 7.70. The zero-order chi connectivity index (χ0) is 39.1. The molecule has 0 bridgehead atoms. The van der Waals surface area contributed by atoms with Crippen LogP contribution in [0.5, 0.6) is 0 Å². The summed E-state index contributed by atoms with van der Waals surface area (Å²) in [6.45, 7) is 0. The second-order valence-electron chi connectivity index (χ2n) is 14.5. The first kappa shape index (κ1) is 34.2. The highest BCUT2D eigenvalue weighted by atomic mass is 16.4. The predicted octanol–water partition coefficient (Wildman–Crippen LogP) is 14.3. The van der Waals surface area contributed by atoms with Gasteiger partial charge in [-0.15, -0.1) is 0 Å². The van der Waals surface area contributed by atoms with Crippen LogP contribution in [0.4, 0.5) is 17.1 Å². The monoisotopic (exact) mass is 758 g/mol. The van der Waals surface area contributed by atoms with Gasteiger partial charge >= 0.3 is 0 Å². The molecule has 0 aliphatic carbocycles. The number of pyridine rings is 1. The number of nitrogens with zero attached hydrogens (tertiary/aromatic N) is 4. The van der Waals surface area contributed by atoms with E-state index in [1.807, 2.05) is 97.2 Å². The molecular formula is C53H34N4O2. The highest BCUT2D eigenvalue weighted by Crippen LogP contribution is 2.39. The molecule has 6 nitrogen and oxygen atoms in total. The van der Waals surface area contributed by atoms with Gasteiger partial charge in [0.2, 0.25) is 11.8 Å². The van der Waals surface area contributed by atoms with Gasteiger partial charge in [-0.1, -0.05) is 103 Å². The largest absolute Gasteiger partial charge is 0.436 e. The van der Waals surface area contributed by atoms with Gasteiger partial charge in [-0.3, -0.25) is 4.98 Å². The molecule has 59 heavy (non-hydrogen) atoms. The zero-order valence-corrected chi connectivity index (χ0v) is 31.7. The highest BCUT2D eigenvalue weighted by molar-refractivity contribution is 5.87. The van der Waals surface area contributed by atoms with E-state index in [1.165, 1.54) is 0 Å². The van der Waals surface area contributed by atoms with Crippen LogP contribution in [0.15, 0.2) is 215 Å². The van der Waals surface area contributed by atoms with Gasteiger partial charge < -0.3 is 13.7 Å². The van der Waals surface area contributed by atoms with Crippen LogP contribution in [0, 0.1) is 0 Å². The summed E-state index contributed by atoms with van der Waals surface area (Å²) in [6.07, 6.45) is 1.95. The molecule has 0 atom stereocenters. The Bertz CT molecular complexity index is 3090. The van der Waals surface area contributed by atoms with Crippen molar-refractivity contribution in [3.8, 4) is 56.3 Å². The summed E-state index contributed by atoms with van der Waals surface area (Å²) < 4.78 is 12.4. The smallest absolute Gasteiger partial charge is 0.227 e. The normalized spacial score (nSPS) is 11.4. The second-order valence-corrected chi connectivity index (χ2v) is 14.5. The van der Waals surface area contributed by atoms with E-state index in [1.54, 1.807) is 0 Å². The summed E-state index contributed by atoms with van der Waals surface area (Å²) in [5.74, 6) is 1.24. The lowest BCUT2D eigenvalue weighted by Gasteiger charge is -2.26. The third-order valence-electron chi connectivity index (χ3n) is 10.8. The lowest BCUT2D eigenvalue weighted by Crippen LogP contribution is -2.09. The van der Waals surface area contributed by atoms with Crippen LogP contribution in [-0.2, 0) is 0 Å². The van der Waals surface area contributed by atoms with Crippen LogP contribution in [0.1, 0.15) is 0 Å². The second kappa shape index (κ2) is 14.4. The fraction of sp³-hybridized carbons (Fsp3) is 0. The molecule has 0 N–H and O–H groups in total. The maximum absolute atomic E-state index is 6.21. The van der Waals surface area contributed by atoms with E-state index in [4.69, 9.17) is 23.8 Å². The number of rotatable bonds is 8. The van der Waals surface area contributed by atoms with E-state index in [-0.39, 0.29) is 0 Å². The van der Waals surface area contributed by atoms with Crippen LogP contribution in [-0.4, -0.2) is 15.0 Å². The maximum Gasteiger partial charge on any atom is 0.227 e. The molecule has 0 radical (unpaired) electrons. The number of hydrogen-bond donors (Lipinski definition) is 0. The van der Waals surface area contributed by atoms with Gasteiger partial charge in [0, 0.05) is 45.3 Å². The summed E-state index contributed by atoms with van der Waals surface area (Å²) in [5, 5.41) is 1.12. The molecule has 0 amide bonds. The van der Waals surface area contributed by atoms with Gasteiger partial charge in [-0.2, -0.15) is 0 Å². The Morgan fingerprint density at radius 3 is 1.24 bits per heavy atom. The number of hydrogen-bond acceptors (Lipinski definition) is 6. The number of anilines is 3. The standard InChI is InChI=1S/C53H34N4O2/c1-3-9-38(10-4-1)52-55-48-29-21-40(32-50(48)58-52)35-15-23-44(24-16-35)57(46-27-19-37(20-28-46)43-31-42-13-7-8-14-47(42)54-34-43)45-25-17-36(18-26-45)41-22-30-49-51(33-41)59-53(56-49)39-11-5-2-6-12-39/h1-34H. The third kappa shape index (κ3) is 6.58. The minimum atomic E-state index is 0.619. The van der Waals surface area contributed by atoms with Gasteiger partial charge in [0.25, 0.3) is 0 Å². The molecule has 6 heteroatoms. The Morgan fingerprint density at radius 1 is 0.322 bits per heavy atom. The number of fused-ring (bicyclic) bond motifs is 3. The SMILES string of the molecule is c1ccc(-c2nc3ccc(-c4ccc(N(c5ccc(-c6cnc7ccccc7c6)cc5)c5ccc(-c6ccc7nc(-c8ccccc8)oc7c6)cc5)cc4)cc3o2)cc1. The number of oxazole rings is 2. The third-order valence-corrected chi connectivity index (χ3v) is 10.8.